The minimum absolute atomic E-state index is 0.164. The van der Waals surface area contributed by atoms with Crippen LogP contribution in [0.5, 0.6) is 34.5 Å². The Kier molecular flexibility index (Phi) is 21.4. The third-order valence-electron chi connectivity index (χ3n) is 8.87. The zero-order valence-electron chi connectivity index (χ0n) is 35.3. The van der Waals surface area contributed by atoms with Crippen LogP contribution in [0.3, 0.4) is 0 Å². The number of hydrogen-bond donors (Lipinski definition) is 0. The molecule has 4 aromatic rings. The fourth-order valence-corrected chi connectivity index (χ4v) is 5.53. The molecule has 4 rings (SSSR count). The lowest BCUT2D eigenvalue weighted by Gasteiger charge is -2.14. The predicted octanol–water partition coefficient (Wildman–Crippen LogP) is 9.22. The average Bonchev–Trinajstić information content (AvgIpc) is 3.30. The summed E-state index contributed by atoms with van der Waals surface area (Å²) in [5, 5.41) is 8.30. The molecule has 0 saturated carbocycles. The molecule has 0 aliphatic heterocycles. The summed E-state index contributed by atoms with van der Waals surface area (Å²) in [5.41, 5.74) is 2.65. The zero-order valence-corrected chi connectivity index (χ0v) is 35.3. The van der Waals surface area contributed by atoms with Crippen molar-refractivity contribution in [3.8, 4) is 34.5 Å². The number of hydrogen-bond acceptors (Lipinski definition) is 14. The van der Waals surface area contributed by atoms with E-state index in [-0.39, 0.29) is 12.4 Å². The lowest BCUT2D eigenvalue weighted by Crippen LogP contribution is -2.08. The fourth-order valence-electron chi connectivity index (χ4n) is 5.53. The zero-order chi connectivity index (χ0) is 44.2. The first-order valence-corrected chi connectivity index (χ1v) is 20.3. The number of nitrogens with zero attached hydrogens (tertiary/aromatic N) is 2. The average molecular weight is 851 g/mol. The molecule has 0 aromatic heterocycles. The van der Waals surface area contributed by atoms with E-state index in [4.69, 9.17) is 42.9 Å². The highest BCUT2D eigenvalue weighted by atomic mass is 17.2. The van der Waals surface area contributed by atoms with Gasteiger partial charge in [0.15, 0.2) is 11.5 Å². The summed E-state index contributed by atoms with van der Waals surface area (Å²) in [6, 6.07) is 24.6. The molecule has 4 aromatic carbocycles. The van der Waals surface area contributed by atoms with E-state index in [1.165, 1.54) is 20.3 Å². The Labute approximate surface area is 362 Å². The monoisotopic (exact) mass is 850 g/mol. The summed E-state index contributed by atoms with van der Waals surface area (Å²) >= 11 is 0. The molecule has 0 heterocycles. The number of esters is 3. The molecule has 0 atom stereocenters. The van der Waals surface area contributed by atoms with Crippen LogP contribution in [0.2, 0.25) is 0 Å². The van der Waals surface area contributed by atoms with Crippen LogP contribution in [0.25, 0.3) is 0 Å². The molecule has 14 heteroatoms. The van der Waals surface area contributed by atoms with Gasteiger partial charge in [0.25, 0.3) is 0 Å². The number of benzene rings is 4. The smallest absolute Gasteiger partial charge is 0.343 e. The van der Waals surface area contributed by atoms with Crippen LogP contribution in [-0.2, 0) is 30.6 Å². The number of carbonyl (C=O) groups excluding carboxylic acids is 3. The van der Waals surface area contributed by atoms with E-state index >= 15 is 0 Å². The quantitative estimate of drug-likeness (QED) is 0.00971. The molecular formula is C48H54N2O12. The van der Waals surface area contributed by atoms with E-state index in [0.29, 0.717) is 60.6 Å². The standard InChI is InChI=1S/C48H54N2O12/c1-5-45(51)58-29-13-9-7-11-27-56-40-21-17-37(18-22-40)35-60-62-47-43(54-3)31-38(32-44(47)55-4)34-50-49-33-36-15-23-42(24-16-36)61-48(53)39-19-25-41(26-20-39)57-28-12-8-10-14-30-59-46(52)6-2/h5-6,15-26,31-34H,1-2,7-14,27-30,35H2,3-4H3. The van der Waals surface area contributed by atoms with E-state index in [0.717, 1.165) is 74.3 Å². The maximum Gasteiger partial charge on any atom is 0.343 e. The second-order valence-corrected chi connectivity index (χ2v) is 13.5. The number of carbonyl (C=O) groups is 3. The Morgan fingerprint density at radius 1 is 0.565 bits per heavy atom. The third-order valence-corrected chi connectivity index (χ3v) is 8.87. The molecule has 0 amide bonds. The van der Waals surface area contributed by atoms with Crippen LogP contribution < -0.4 is 28.6 Å². The van der Waals surface area contributed by atoms with E-state index in [2.05, 4.69) is 23.4 Å². The van der Waals surface area contributed by atoms with Crippen molar-refractivity contribution in [3.05, 3.63) is 132 Å². The first kappa shape index (κ1) is 47.7. The molecule has 0 saturated heterocycles. The van der Waals surface area contributed by atoms with Crippen molar-refractivity contribution < 1.29 is 57.3 Å². The van der Waals surface area contributed by atoms with Crippen molar-refractivity contribution in [3.63, 3.8) is 0 Å². The van der Waals surface area contributed by atoms with Gasteiger partial charge in [-0.25, -0.2) is 14.4 Å². The maximum absolute atomic E-state index is 12.7. The molecule has 0 radical (unpaired) electrons. The van der Waals surface area contributed by atoms with Gasteiger partial charge in [0.1, 0.15) is 23.9 Å². The second-order valence-electron chi connectivity index (χ2n) is 13.5. The lowest BCUT2D eigenvalue weighted by molar-refractivity contribution is -0.219. The van der Waals surface area contributed by atoms with Gasteiger partial charge in [0.2, 0.25) is 5.75 Å². The predicted molar refractivity (Wildman–Crippen MR) is 235 cm³/mol. The highest BCUT2D eigenvalue weighted by Crippen LogP contribution is 2.38. The van der Waals surface area contributed by atoms with E-state index in [9.17, 15) is 14.4 Å². The van der Waals surface area contributed by atoms with Crippen LogP contribution in [0.15, 0.2) is 120 Å². The van der Waals surface area contributed by atoms with Crippen LogP contribution in [0.1, 0.15) is 78.4 Å². The van der Waals surface area contributed by atoms with E-state index in [1.807, 2.05) is 24.3 Å². The summed E-state index contributed by atoms with van der Waals surface area (Å²) in [5.74, 6) is 1.51. The summed E-state index contributed by atoms with van der Waals surface area (Å²) in [6.07, 6.45) is 12.6. The second kappa shape index (κ2) is 27.8. The Hall–Kier alpha value is -6.93. The van der Waals surface area contributed by atoms with Gasteiger partial charge in [-0.15, -0.1) is 0 Å². The van der Waals surface area contributed by atoms with Gasteiger partial charge in [-0.3, -0.25) is 0 Å². The van der Waals surface area contributed by atoms with Gasteiger partial charge in [-0.2, -0.15) is 15.1 Å². The number of ether oxygens (including phenoxy) is 7. The van der Waals surface area contributed by atoms with Crippen molar-refractivity contribution in [2.24, 2.45) is 10.2 Å². The lowest BCUT2D eigenvalue weighted by atomic mass is 10.2. The minimum Gasteiger partial charge on any atom is -0.494 e. The Bertz CT molecular complexity index is 2040. The van der Waals surface area contributed by atoms with Crippen molar-refractivity contribution >= 4 is 30.3 Å². The van der Waals surface area contributed by atoms with Crippen molar-refractivity contribution in [2.45, 2.75) is 58.0 Å². The molecule has 0 bridgehead atoms. The van der Waals surface area contributed by atoms with Crippen molar-refractivity contribution in [1.29, 1.82) is 0 Å². The molecule has 0 unspecified atom stereocenters. The molecule has 328 valence electrons. The Balaban J connectivity index is 1.16. The summed E-state index contributed by atoms with van der Waals surface area (Å²) in [7, 11) is 3.02. The summed E-state index contributed by atoms with van der Waals surface area (Å²) in [4.78, 5) is 46.0. The maximum atomic E-state index is 12.7. The van der Waals surface area contributed by atoms with Gasteiger partial charge in [-0.1, -0.05) is 25.3 Å². The molecule has 14 nitrogen and oxygen atoms in total. The minimum atomic E-state index is -0.493. The van der Waals surface area contributed by atoms with Crippen LogP contribution in [0, 0.1) is 0 Å². The third kappa shape index (κ3) is 17.7. The van der Waals surface area contributed by atoms with Crippen LogP contribution in [0.4, 0.5) is 0 Å². The molecule has 0 aliphatic rings. The first-order chi connectivity index (χ1) is 30.3. The van der Waals surface area contributed by atoms with Gasteiger partial charge in [0, 0.05) is 17.7 Å². The van der Waals surface area contributed by atoms with Gasteiger partial charge >= 0.3 is 17.9 Å². The van der Waals surface area contributed by atoms with Crippen LogP contribution in [-0.4, -0.2) is 71.0 Å². The molecule has 0 fully saturated rings. The first-order valence-electron chi connectivity index (χ1n) is 20.3. The number of unbranched alkanes of at least 4 members (excludes halogenated alkanes) is 6. The molecule has 0 spiro atoms. The number of rotatable bonds is 29. The van der Waals surface area contributed by atoms with E-state index in [1.54, 1.807) is 73.1 Å². The normalized spacial score (nSPS) is 10.9. The highest BCUT2D eigenvalue weighted by molar-refractivity contribution is 5.91. The Morgan fingerprint density at radius 3 is 1.53 bits per heavy atom. The Morgan fingerprint density at radius 2 is 1.03 bits per heavy atom. The van der Waals surface area contributed by atoms with Crippen molar-refractivity contribution in [1.82, 2.24) is 0 Å². The summed E-state index contributed by atoms with van der Waals surface area (Å²) in [6.45, 7) is 8.83. The topological polar surface area (TPSA) is 159 Å². The molecule has 0 N–H and O–H groups in total. The van der Waals surface area contributed by atoms with Crippen molar-refractivity contribution in [2.75, 3.05) is 40.6 Å². The van der Waals surface area contributed by atoms with E-state index < -0.39 is 17.9 Å². The highest BCUT2D eigenvalue weighted by Gasteiger charge is 2.16. The largest absolute Gasteiger partial charge is 0.494 e. The fraction of sp³-hybridized carbons (Fsp3) is 0.312. The SMILES string of the molecule is C=CC(=O)OCCCCCCOc1ccc(COOc2c(OC)cc(C=NN=Cc3ccc(OC(=O)c4ccc(OCCCCCCOC(=O)C=C)cc4)cc3)cc2OC)cc1. The van der Waals surface area contributed by atoms with Gasteiger partial charge in [0.05, 0.1) is 58.6 Å². The molecule has 62 heavy (non-hydrogen) atoms. The molecular weight excluding hydrogens is 797 g/mol. The van der Waals surface area contributed by atoms with Gasteiger partial charge < -0.3 is 38.0 Å². The molecule has 0 aliphatic carbocycles. The van der Waals surface area contributed by atoms with Crippen LogP contribution >= 0.6 is 0 Å². The summed E-state index contributed by atoms with van der Waals surface area (Å²) < 4.78 is 38.2. The number of methoxy groups -OCH3 is 2. The van der Waals surface area contributed by atoms with Gasteiger partial charge in [-0.05, 0) is 135 Å².